The molecule has 10 heteroatoms. The minimum absolute atomic E-state index is 0.0270. The fourth-order valence-electron chi connectivity index (χ4n) is 2.59. The molecule has 1 aliphatic heterocycles. The van der Waals surface area contributed by atoms with Gasteiger partial charge in [-0.05, 0) is 18.2 Å². The summed E-state index contributed by atoms with van der Waals surface area (Å²) in [4.78, 5) is 22.4. The average molecular weight is 371 g/mol. The first-order valence-corrected chi connectivity index (χ1v) is 7.76. The van der Waals surface area contributed by atoms with Crippen LogP contribution in [0.1, 0.15) is 17.3 Å². The van der Waals surface area contributed by atoms with Crippen LogP contribution in [0.2, 0.25) is 0 Å². The number of nitrogens with one attached hydrogen (secondary N) is 1. The molecule has 1 aliphatic rings. The molecule has 1 fully saturated rings. The van der Waals surface area contributed by atoms with E-state index < -0.39 is 49.1 Å². The number of aromatic carboxylic acids is 1. The fraction of sp³-hybridized carbons (Fsp3) is 0.500. The van der Waals surface area contributed by atoms with Gasteiger partial charge < -0.3 is 40.0 Å². The highest BCUT2D eigenvalue weighted by molar-refractivity contribution is 5.88. The number of hydrogen-bond donors (Lipinski definition) is 5. The molecule has 1 amide bonds. The van der Waals surface area contributed by atoms with Crippen molar-refractivity contribution in [2.75, 3.05) is 13.7 Å². The molecule has 0 radical (unpaired) electrons. The lowest BCUT2D eigenvalue weighted by Crippen LogP contribution is -2.65. The van der Waals surface area contributed by atoms with Crippen LogP contribution in [-0.4, -0.2) is 76.7 Å². The molecular weight excluding hydrogens is 350 g/mol. The van der Waals surface area contributed by atoms with Gasteiger partial charge in [0, 0.05) is 6.92 Å². The molecule has 1 aromatic rings. The second-order valence-electron chi connectivity index (χ2n) is 5.72. The summed E-state index contributed by atoms with van der Waals surface area (Å²) >= 11 is 0. The zero-order valence-corrected chi connectivity index (χ0v) is 14.2. The number of carbonyl (C=O) groups excluding carboxylic acids is 1. The number of methoxy groups -OCH3 is 1. The zero-order valence-electron chi connectivity index (χ0n) is 14.2. The molecule has 26 heavy (non-hydrogen) atoms. The van der Waals surface area contributed by atoms with Crippen LogP contribution in [-0.2, 0) is 9.53 Å². The zero-order chi connectivity index (χ0) is 19.4. The van der Waals surface area contributed by atoms with Crippen molar-refractivity contribution in [2.45, 2.75) is 37.6 Å². The molecule has 0 unspecified atom stereocenters. The monoisotopic (exact) mass is 371 g/mol. The second-order valence-corrected chi connectivity index (χ2v) is 5.72. The predicted octanol–water partition coefficient (Wildman–Crippen LogP) is -1.28. The second kappa shape index (κ2) is 8.32. The van der Waals surface area contributed by atoms with E-state index in [2.05, 4.69) is 5.32 Å². The molecule has 1 aromatic carbocycles. The molecule has 1 saturated heterocycles. The maximum Gasteiger partial charge on any atom is 0.335 e. The molecule has 144 valence electrons. The quantitative estimate of drug-likeness (QED) is 0.411. The lowest BCUT2D eigenvalue weighted by atomic mass is 9.97. The molecule has 1 heterocycles. The standard InChI is InChI=1S/C16H21NO9/c1-7(19)17-12-14(21)13(20)11(6-18)26-16(12)25-9-4-3-8(15(22)23)5-10(9)24-2/h3-5,11-14,16,18,20-21H,6H2,1-2H3,(H,17,19)(H,22,23)/t11-,12-,13+,14-,16-/m0/s1. The number of aliphatic hydroxyl groups is 3. The molecule has 0 bridgehead atoms. The summed E-state index contributed by atoms with van der Waals surface area (Å²) in [5.74, 6) is -1.46. The number of carboxylic acids is 1. The number of benzene rings is 1. The summed E-state index contributed by atoms with van der Waals surface area (Å²) < 4.78 is 16.2. The Morgan fingerprint density at radius 1 is 1.23 bits per heavy atom. The Morgan fingerprint density at radius 3 is 2.46 bits per heavy atom. The first-order valence-electron chi connectivity index (χ1n) is 7.76. The Balaban J connectivity index is 2.31. The van der Waals surface area contributed by atoms with Gasteiger partial charge in [0.15, 0.2) is 11.5 Å². The highest BCUT2D eigenvalue weighted by atomic mass is 16.7. The Morgan fingerprint density at radius 2 is 1.92 bits per heavy atom. The number of rotatable bonds is 6. The minimum atomic E-state index is -1.46. The highest BCUT2D eigenvalue weighted by Crippen LogP contribution is 2.32. The predicted molar refractivity (Wildman–Crippen MR) is 85.9 cm³/mol. The number of ether oxygens (including phenoxy) is 3. The Hall–Kier alpha value is -2.40. The van der Waals surface area contributed by atoms with Crippen LogP contribution in [0.4, 0.5) is 0 Å². The van der Waals surface area contributed by atoms with Crippen molar-refractivity contribution in [1.29, 1.82) is 0 Å². The number of hydrogen-bond acceptors (Lipinski definition) is 8. The highest BCUT2D eigenvalue weighted by Gasteiger charge is 2.46. The molecular formula is C16H21NO9. The van der Waals surface area contributed by atoms with Crippen LogP contribution < -0.4 is 14.8 Å². The van der Waals surface area contributed by atoms with E-state index in [0.717, 1.165) is 0 Å². The number of carbonyl (C=O) groups is 2. The SMILES string of the molecule is COc1cc(C(=O)O)ccc1O[C@H]1O[C@@H](CO)[C@@H](O)[C@@H](O)[C@@H]1NC(C)=O. The van der Waals surface area contributed by atoms with E-state index in [-0.39, 0.29) is 17.1 Å². The largest absolute Gasteiger partial charge is 0.493 e. The van der Waals surface area contributed by atoms with E-state index in [4.69, 9.17) is 19.3 Å². The minimum Gasteiger partial charge on any atom is -0.493 e. The van der Waals surface area contributed by atoms with E-state index in [1.54, 1.807) is 0 Å². The van der Waals surface area contributed by atoms with Gasteiger partial charge in [0.05, 0.1) is 19.3 Å². The van der Waals surface area contributed by atoms with E-state index in [1.807, 2.05) is 0 Å². The topological polar surface area (TPSA) is 155 Å². The van der Waals surface area contributed by atoms with Crippen molar-refractivity contribution in [3.8, 4) is 11.5 Å². The fourth-order valence-corrected chi connectivity index (χ4v) is 2.59. The van der Waals surface area contributed by atoms with Crippen molar-refractivity contribution in [3.05, 3.63) is 23.8 Å². The normalized spacial score (nSPS) is 28.3. The molecule has 5 atom stereocenters. The Labute approximate surface area is 148 Å². The summed E-state index contributed by atoms with van der Waals surface area (Å²) in [6.07, 6.45) is -5.30. The number of aliphatic hydroxyl groups excluding tert-OH is 3. The van der Waals surface area contributed by atoms with Crippen molar-refractivity contribution in [2.24, 2.45) is 0 Å². The molecule has 5 N–H and O–H groups in total. The molecule has 0 saturated carbocycles. The van der Waals surface area contributed by atoms with E-state index in [0.29, 0.717) is 0 Å². The molecule has 10 nitrogen and oxygen atoms in total. The van der Waals surface area contributed by atoms with Crippen LogP contribution in [0.15, 0.2) is 18.2 Å². The average Bonchev–Trinajstić information content (AvgIpc) is 2.60. The van der Waals surface area contributed by atoms with Crippen LogP contribution in [0.3, 0.4) is 0 Å². The van der Waals surface area contributed by atoms with Crippen molar-refractivity contribution in [3.63, 3.8) is 0 Å². The van der Waals surface area contributed by atoms with Crippen molar-refractivity contribution >= 4 is 11.9 Å². The van der Waals surface area contributed by atoms with Gasteiger partial charge in [-0.1, -0.05) is 0 Å². The van der Waals surface area contributed by atoms with Gasteiger partial charge in [0.25, 0.3) is 0 Å². The first kappa shape index (κ1) is 19.9. The molecule has 2 rings (SSSR count). The maximum absolute atomic E-state index is 11.4. The van der Waals surface area contributed by atoms with Crippen LogP contribution in [0, 0.1) is 0 Å². The van der Waals surface area contributed by atoms with Gasteiger partial charge in [-0.25, -0.2) is 4.79 Å². The number of amides is 1. The first-order chi connectivity index (χ1) is 12.3. The van der Waals surface area contributed by atoms with E-state index >= 15 is 0 Å². The smallest absolute Gasteiger partial charge is 0.335 e. The maximum atomic E-state index is 11.4. The Bertz CT molecular complexity index is 665. The van der Waals surface area contributed by atoms with Crippen molar-refractivity contribution in [1.82, 2.24) is 5.32 Å². The van der Waals surface area contributed by atoms with Gasteiger partial charge in [-0.3, -0.25) is 4.79 Å². The van der Waals surface area contributed by atoms with Crippen LogP contribution >= 0.6 is 0 Å². The summed E-state index contributed by atoms with van der Waals surface area (Å²) in [6, 6.07) is 2.73. The summed E-state index contributed by atoms with van der Waals surface area (Å²) in [5.41, 5.74) is -0.0270. The molecule has 0 spiro atoms. The van der Waals surface area contributed by atoms with Gasteiger partial charge in [0.1, 0.15) is 24.4 Å². The van der Waals surface area contributed by atoms with Gasteiger partial charge in [0.2, 0.25) is 12.2 Å². The van der Waals surface area contributed by atoms with Crippen LogP contribution in [0.5, 0.6) is 11.5 Å². The third-order valence-corrected chi connectivity index (χ3v) is 3.90. The van der Waals surface area contributed by atoms with Gasteiger partial charge in [-0.15, -0.1) is 0 Å². The lowest BCUT2D eigenvalue weighted by Gasteiger charge is -2.42. The summed E-state index contributed by atoms with van der Waals surface area (Å²) in [6.45, 7) is 0.635. The number of carboxylic acid groups (broad SMARTS) is 1. The van der Waals surface area contributed by atoms with Gasteiger partial charge >= 0.3 is 5.97 Å². The third kappa shape index (κ3) is 4.22. The van der Waals surface area contributed by atoms with Gasteiger partial charge in [-0.2, -0.15) is 0 Å². The van der Waals surface area contributed by atoms with Crippen molar-refractivity contribution < 1.29 is 44.2 Å². The lowest BCUT2D eigenvalue weighted by molar-refractivity contribution is -0.244. The third-order valence-electron chi connectivity index (χ3n) is 3.90. The summed E-state index contributed by atoms with van der Waals surface area (Å²) in [7, 11) is 1.32. The van der Waals surface area contributed by atoms with E-state index in [9.17, 15) is 24.9 Å². The van der Waals surface area contributed by atoms with Crippen LogP contribution in [0.25, 0.3) is 0 Å². The summed E-state index contributed by atoms with van der Waals surface area (Å²) in [5, 5.41) is 41.0. The molecule has 0 aromatic heterocycles. The Kier molecular flexibility index (Phi) is 6.37. The molecule has 0 aliphatic carbocycles. The van der Waals surface area contributed by atoms with E-state index in [1.165, 1.54) is 32.2 Å².